The van der Waals surface area contributed by atoms with Gasteiger partial charge in [0.15, 0.2) is 5.78 Å². The number of carbonyl (C=O) groups excluding carboxylic acids is 1. The molecule has 0 aliphatic rings. The lowest BCUT2D eigenvalue weighted by molar-refractivity contribution is 0.0991. The first-order valence-corrected chi connectivity index (χ1v) is 6.61. The monoisotopic (exact) mass is 340 g/mol. The number of ether oxygens (including phenoxy) is 1. The van der Waals surface area contributed by atoms with E-state index >= 15 is 0 Å². The van der Waals surface area contributed by atoms with Crippen LogP contribution in [0.2, 0.25) is 0 Å². The van der Waals surface area contributed by atoms with Crippen molar-refractivity contribution in [3.8, 4) is 5.75 Å². The van der Waals surface area contributed by atoms with E-state index in [1.54, 1.807) is 18.2 Å². The Morgan fingerprint density at radius 1 is 1.20 bits per heavy atom. The van der Waals surface area contributed by atoms with Gasteiger partial charge in [0.05, 0.1) is 7.11 Å². The van der Waals surface area contributed by atoms with Gasteiger partial charge in [-0.25, -0.2) is 8.78 Å². The van der Waals surface area contributed by atoms with Gasteiger partial charge in [-0.15, -0.1) is 0 Å². The number of methoxy groups -OCH3 is 1. The summed E-state index contributed by atoms with van der Waals surface area (Å²) in [5.74, 6) is -1.03. The Hall–Kier alpha value is -1.75. The summed E-state index contributed by atoms with van der Waals surface area (Å²) in [7, 11) is 1.52. The fourth-order valence-electron chi connectivity index (χ4n) is 1.78. The molecular weight excluding hydrogens is 330 g/mol. The zero-order chi connectivity index (χ0) is 14.7. The van der Waals surface area contributed by atoms with Crippen molar-refractivity contribution in [2.24, 2.45) is 0 Å². The van der Waals surface area contributed by atoms with Gasteiger partial charge in [-0.2, -0.15) is 0 Å². The highest BCUT2D eigenvalue weighted by atomic mass is 79.9. The van der Waals surface area contributed by atoms with Gasteiger partial charge in [0.1, 0.15) is 17.4 Å². The third kappa shape index (κ3) is 3.22. The molecule has 0 amide bonds. The second kappa shape index (κ2) is 6.13. The average Bonchev–Trinajstić information content (AvgIpc) is 2.41. The van der Waals surface area contributed by atoms with Crippen LogP contribution in [0.25, 0.3) is 0 Å². The van der Waals surface area contributed by atoms with Gasteiger partial charge >= 0.3 is 0 Å². The second-order valence-electron chi connectivity index (χ2n) is 4.18. The summed E-state index contributed by atoms with van der Waals surface area (Å²) in [5.41, 5.74) is 0.591. The molecule has 0 bridgehead atoms. The summed E-state index contributed by atoms with van der Waals surface area (Å²) in [4.78, 5) is 12.1. The number of rotatable bonds is 4. The topological polar surface area (TPSA) is 26.3 Å². The molecule has 0 atom stereocenters. The average molecular weight is 341 g/mol. The van der Waals surface area contributed by atoms with Gasteiger partial charge in [-0.3, -0.25) is 4.79 Å². The highest BCUT2D eigenvalue weighted by Gasteiger charge is 2.14. The van der Waals surface area contributed by atoms with E-state index in [2.05, 4.69) is 15.9 Å². The fraction of sp³-hybridized carbons (Fsp3) is 0.133. The predicted octanol–water partition coefficient (Wildman–Crippen LogP) is 4.16. The Morgan fingerprint density at radius 2 is 1.95 bits per heavy atom. The molecule has 0 aromatic heterocycles. The molecule has 2 nitrogen and oxygen atoms in total. The minimum absolute atomic E-state index is 0.128. The Labute approximate surface area is 123 Å². The van der Waals surface area contributed by atoms with Crippen LogP contribution in [0.15, 0.2) is 40.9 Å². The van der Waals surface area contributed by atoms with Gasteiger partial charge in [0, 0.05) is 22.5 Å². The number of ketones is 1. The zero-order valence-electron chi connectivity index (χ0n) is 10.6. The molecule has 0 radical (unpaired) electrons. The van der Waals surface area contributed by atoms with Gasteiger partial charge < -0.3 is 4.74 Å². The molecule has 0 heterocycles. The van der Waals surface area contributed by atoms with Crippen molar-refractivity contribution in [1.82, 2.24) is 0 Å². The van der Waals surface area contributed by atoms with Crippen molar-refractivity contribution in [2.75, 3.05) is 7.11 Å². The minimum Gasteiger partial charge on any atom is -0.497 e. The van der Waals surface area contributed by atoms with Crippen LogP contribution in [0.5, 0.6) is 5.75 Å². The number of halogens is 3. The molecule has 20 heavy (non-hydrogen) atoms. The van der Waals surface area contributed by atoms with Crippen molar-refractivity contribution in [3.05, 3.63) is 63.6 Å². The lowest BCUT2D eigenvalue weighted by Gasteiger charge is -2.07. The van der Waals surface area contributed by atoms with Crippen LogP contribution in [0, 0.1) is 11.6 Å². The summed E-state index contributed by atoms with van der Waals surface area (Å²) in [6, 6.07) is 8.10. The van der Waals surface area contributed by atoms with E-state index in [1.807, 2.05) is 0 Å². The molecular formula is C15H11BrF2O2. The highest BCUT2D eigenvalue weighted by Crippen LogP contribution is 2.24. The Kier molecular flexibility index (Phi) is 4.49. The van der Waals surface area contributed by atoms with Crippen molar-refractivity contribution in [3.63, 3.8) is 0 Å². The molecule has 0 aliphatic heterocycles. The SMILES string of the molecule is COc1ccc(C(=O)Cc2ccc(F)cc2F)c(Br)c1. The molecule has 0 fully saturated rings. The molecule has 2 aromatic carbocycles. The molecule has 0 N–H and O–H groups in total. The van der Waals surface area contributed by atoms with E-state index in [4.69, 9.17) is 4.74 Å². The fourth-order valence-corrected chi connectivity index (χ4v) is 2.36. The van der Waals surface area contributed by atoms with Gasteiger partial charge in [0.2, 0.25) is 0 Å². The largest absolute Gasteiger partial charge is 0.497 e. The van der Waals surface area contributed by atoms with E-state index in [1.165, 1.54) is 13.2 Å². The van der Waals surface area contributed by atoms with E-state index in [-0.39, 0.29) is 17.8 Å². The van der Waals surface area contributed by atoms with Crippen LogP contribution in [-0.4, -0.2) is 12.9 Å². The van der Waals surface area contributed by atoms with E-state index < -0.39 is 11.6 Å². The highest BCUT2D eigenvalue weighted by molar-refractivity contribution is 9.10. The molecule has 0 spiro atoms. The maximum absolute atomic E-state index is 13.5. The molecule has 2 aromatic rings. The third-order valence-corrected chi connectivity index (χ3v) is 3.50. The number of benzene rings is 2. The van der Waals surface area contributed by atoms with E-state index in [9.17, 15) is 13.6 Å². The van der Waals surface area contributed by atoms with E-state index in [0.29, 0.717) is 15.8 Å². The zero-order valence-corrected chi connectivity index (χ0v) is 12.2. The Morgan fingerprint density at radius 3 is 2.55 bits per heavy atom. The lowest BCUT2D eigenvalue weighted by atomic mass is 10.0. The van der Waals surface area contributed by atoms with Crippen LogP contribution in [0.1, 0.15) is 15.9 Å². The van der Waals surface area contributed by atoms with Crippen molar-refractivity contribution >= 4 is 21.7 Å². The minimum atomic E-state index is -0.719. The molecule has 0 saturated carbocycles. The van der Waals surface area contributed by atoms with Crippen LogP contribution < -0.4 is 4.74 Å². The lowest BCUT2D eigenvalue weighted by Crippen LogP contribution is -2.06. The predicted molar refractivity (Wildman–Crippen MR) is 75.1 cm³/mol. The van der Waals surface area contributed by atoms with E-state index in [0.717, 1.165) is 12.1 Å². The summed E-state index contributed by atoms with van der Waals surface area (Å²) in [6.07, 6.45) is -0.128. The molecule has 2 rings (SSSR count). The first-order chi connectivity index (χ1) is 9.51. The third-order valence-electron chi connectivity index (χ3n) is 2.84. The van der Waals surface area contributed by atoms with Crippen LogP contribution >= 0.6 is 15.9 Å². The summed E-state index contributed by atoms with van der Waals surface area (Å²) < 4.78 is 31.9. The molecule has 0 unspecified atom stereocenters. The summed E-state index contributed by atoms with van der Waals surface area (Å²) >= 11 is 3.28. The second-order valence-corrected chi connectivity index (χ2v) is 5.04. The molecule has 0 saturated heterocycles. The van der Waals surface area contributed by atoms with Crippen molar-refractivity contribution in [2.45, 2.75) is 6.42 Å². The first kappa shape index (κ1) is 14.7. The summed E-state index contributed by atoms with van der Waals surface area (Å²) in [5, 5.41) is 0. The Balaban J connectivity index is 2.24. The summed E-state index contributed by atoms with van der Waals surface area (Å²) in [6.45, 7) is 0. The molecule has 5 heteroatoms. The smallest absolute Gasteiger partial charge is 0.168 e. The quantitative estimate of drug-likeness (QED) is 0.781. The standard InChI is InChI=1S/C15H11BrF2O2/c1-20-11-4-5-12(13(16)8-11)15(19)6-9-2-3-10(17)7-14(9)18/h2-5,7-8H,6H2,1H3. The van der Waals surface area contributed by atoms with Gasteiger partial charge in [-0.1, -0.05) is 6.07 Å². The van der Waals surface area contributed by atoms with Gasteiger partial charge in [0.25, 0.3) is 0 Å². The first-order valence-electron chi connectivity index (χ1n) is 5.82. The maximum atomic E-state index is 13.5. The van der Waals surface area contributed by atoms with Crippen molar-refractivity contribution < 1.29 is 18.3 Å². The van der Waals surface area contributed by atoms with Crippen molar-refractivity contribution in [1.29, 1.82) is 0 Å². The maximum Gasteiger partial charge on any atom is 0.168 e. The Bertz CT molecular complexity index is 656. The normalized spacial score (nSPS) is 10.4. The van der Waals surface area contributed by atoms with Gasteiger partial charge in [-0.05, 0) is 45.8 Å². The molecule has 104 valence electrons. The molecule has 0 aliphatic carbocycles. The number of hydrogen-bond donors (Lipinski definition) is 0. The number of carbonyl (C=O) groups is 1. The number of hydrogen-bond acceptors (Lipinski definition) is 2. The van der Waals surface area contributed by atoms with Crippen LogP contribution in [0.4, 0.5) is 8.78 Å². The van der Waals surface area contributed by atoms with Crippen LogP contribution in [0.3, 0.4) is 0 Å². The number of Topliss-reactive ketones (excluding diaryl/α,β-unsaturated/α-hetero) is 1. The van der Waals surface area contributed by atoms with Crippen LogP contribution in [-0.2, 0) is 6.42 Å².